The number of benzene rings is 1. The van der Waals surface area contributed by atoms with Gasteiger partial charge in [0.2, 0.25) is 0 Å². The van der Waals surface area contributed by atoms with Crippen molar-refractivity contribution in [2.45, 2.75) is 5.88 Å². The van der Waals surface area contributed by atoms with Crippen LogP contribution < -0.4 is 5.73 Å². The van der Waals surface area contributed by atoms with Crippen molar-refractivity contribution in [3.8, 4) is 34.5 Å². The molecule has 154 valence electrons. The number of nitriles is 1. The first kappa shape index (κ1) is 19.7. The second-order valence-electron chi connectivity index (χ2n) is 7.06. The molecule has 4 aromatic heterocycles. The molecule has 0 aliphatic rings. The Balaban J connectivity index is 1.80. The quantitative estimate of drug-likeness (QED) is 0.407. The van der Waals surface area contributed by atoms with Crippen molar-refractivity contribution in [2.24, 2.45) is 0 Å². The molecule has 0 aliphatic heterocycles. The minimum Gasteiger partial charge on any atom is -0.383 e. The van der Waals surface area contributed by atoms with Gasteiger partial charge in [0.05, 0.1) is 16.8 Å². The average Bonchev–Trinajstić information content (AvgIpc) is 3.22. The monoisotopic (exact) mass is 437 g/mol. The molecule has 0 fully saturated rings. The summed E-state index contributed by atoms with van der Waals surface area (Å²) in [5.41, 5.74) is 11.6. The van der Waals surface area contributed by atoms with Crippen LogP contribution in [0.3, 0.4) is 0 Å². The summed E-state index contributed by atoms with van der Waals surface area (Å²) in [5.74, 6) is 1.42. The minimum atomic E-state index is 0.373. The number of nitrogen functional groups attached to an aromatic ring is 1. The Hall–Kier alpha value is -4.28. The molecule has 0 radical (unpaired) electrons. The lowest BCUT2D eigenvalue weighted by Gasteiger charge is -2.11. The van der Waals surface area contributed by atoms with Gasteiger partial charge in [-0.05, 0) is 54.1 Å². The third-order valence-electron chi connectivity index (χ3n) is 5.10. The molecule has 0 aliphatic carbocycles. The normalized spacial score (nSPS) is 10.9. The summed E-state index contributed by atoms with van der Waals surface area (Å²) in [7, 11) is 0. The molecule has 2 N–H and O–H groups in total. The zero-order chi connectivity index (χ0) is 22.1. The lowest BCUT2D eigenvalue weighted by molar-refractivity contribution is 1.07. The van der Waals surface area contributed by atoms with Gasteiger partial charge >= 0.3 is 0 Å². The van der Waals surface area contributed by atoms with Crippen LogP contribution in [0, 0.1) is 11.3 Å². The molecule has 7 nitrogen and oxygen atoms in total. The molecule has 1 aromatic carbocycles. The Morgan fingerprint density at radius 2 is 1.72 bits per heavy atom. The number of anilines is 1. The van der Waals surface area contributed by atoms with Gasteiger partial charge in [-0.15, -0.1) is 11.6 Å². The summed E-state index contributed by atoms with van der Waals surface area (Å²) in [6.45, 7) is 0. The van der Waals surface area contributed by atoms with Crippen molar-refractivity contribution < 1.29 is 0 Å². The first-order chi connectivity index (χ1) is 15.7. The van der Waals surface area contributed by atoms with Crippen molar-refractivity contribution >= 4 is 28.6 Å². The summed E-state index contributed by atoms with van der Waals surface area (Å²) >= 11 is 5.97. The number of hydrogen-bond acceptors (Lipinski definition) is 6. The van der Waals surface area contributed by atoms with Crippen LogP contribution in [-0.4, -0.2) is 24.5 Å². The predicted molar refractivity (Wildman–Crippen MR) is 124 cm³/mol. The molecule has 8 heteroatoms. The van der Waals surface area contributed by atoms with E-state index < -0.39 is 0 Å². The average molecular weight is 438 g/mol. The topological polar surface area (TPSA) is 106 Å². The van der Waals surface area contributed by atoms with E-state index in [0.717, 1.165) is 11.3 Å². The van der Waals surface area contributed by atoms with E-state index in [-0.39, 0.29) is 0 Å². The van der Waals surface area contributed by atoms with E-state index >= 15 is 0 Å². The van der Waals surface area contributed by atoms with Gasteiger partial charge in [-0.25, -0.2) is 15.0 Å². The minimum absolute atomic E-state index is 0.373. The third-order valence-corrected chi connectivity index (χ3v) is 5.41. The van der Waals surface area contributed by atoms with Gasteiger partial charge in [0.1, 0.15) is 23.1 Å². The van der Waals surface area contributed by atoms with Gasteiger partial charge < -0.3 is 5.73 Å². The van der Waals surface area contributed by atoms with E-state index in [2.05, 4.69) is 16.0 Å². The fourth-order valence-electron chi connectivity index (χ4n) is 3.55. The highest BCUT2D eigenvalue weighted by Gasteiger charge is 2.19. The fraction of sp³-hybridized carbons (Fsp3) is 0.0417. The number of nitrogens with zero attached hydrogens (tertiary/aromatic N) is 6. The Morgan fingerprint density at radius 1 is 0.938 bits per heavy atom. The third kappa shape index (κ3) is 3.33. The maximum atomic E-state index is 9.49. The summed E-state index contributed by atoms with van der Waals surface area (Å²) in [6.07, 6.45) is 3.29. The number of nitrogens with two attached hydrogens (primary N) is 1. The van der Waals surface area contributed by atoms with Crippen molar-refractivity contribution in [1.29, 1.82) is 5.26 Å². The summed E-state index contributed by atoms with van der Waals surface area (Å²) in [4.78, 5) is 18.2. The number of pyridine rings is 3. The molecule has 0 bridgehead atoms. The highest BCUT2D eigenvalue weighted by atomic mass is 35.5. The Morgan fingerprint density at radius 3 is 2.47 bits per heavy atom. The fourth-order valence-corrected chi connectivity index (χ4v) is 3.73. The number of rotatable bonds is 4. The van der Waals surface area contributed by atoms with Crippen LogP contribution in [0.2, 0.25) is 0 Å². The highest BCUT2D eigenvalue weighted by Crippen LogP contribution is 2.32. The van der Waals surface area contributed by atoms with E-state index in [9.17, 15) is 5.26 Å². The van der Waals surface area contributed by atoms with E-state index in [1.807, 2.05) is 53.1 Å². The van der Waals surface area contributed by atoms with Gasteiger partial charge in [0, 0.05) is 24.0 Å². The van der Waals surface area contributed by atoms with E-state index in [4.69, 9.17) is 27.3 Å². The molecule has 5 rings (SSSR count). The van der Waals surface area contributed by atoms with Crippen LogP contribution in [-0.2, 0) is 5.88 Å². The molecule has 0 amide bonds. The Kier molecular flexibility index (Phi) is 4.98. The summed E-state index contributed by atoms with van der Waals surface area (Å²) < 4.78 is 1.93. The molecule has 0 saturated heterocycles. The van der Waals surface area contributed by atoms with Gasteiger partial charge in [0.15, 0.2) is 11.5 Å². The van der Waals surface area contributed by atoms with Crippen molar-refractivity contribution in [3.63, 3.8) is 0 Å². The van der Waals surface area contributed by atoms with Crippen LogP contribution in [0.5, 0.6) is 0 Å². The predicted octanol–water partition coefficient (Wildman–Crippen LogP) is 4.74. The second kappa shape index (κ2) is 8.10. The largest absolute Gasteiger partial charge is 0.383 e. The van der Waals surface area contributed by atoms with Gasteiger partial charge in [-0.3, -0.25) is 9.55 Å². The SMILES string of the molecule is N#Cc1cccnc1-c1ccc2nc(-c3cccnc3N)n(-c3ccc(CCl)cc3)c2n1. The maximum absolute atomic E-state index is 9.49. The number of fused-ring (bicyclic) bond motifs is 1. The zero-order valence-corrected chi connectivity index (χ0v) is 17.5. The van der Waals surface area contributed by atoms with Crippen LogP contribution in [0.25, 0.3) is 39.6 Å². The second-order valence-corrected chi connectivity index (χ2v) is 7.32. The first-order valence-electron chi connectivity index (χ1n) is 9.80. The van der Waals surface area contributed by atoms with E-state index in [1.165, 1.54) is 0 Å². The molecular formula is C24H16ClN7. The maximum Gasteiger partial charge on any atom is 0.165 e. The first-order valence-corrected chi connectivity index (χ1v) is 10.3. The number of imidazole rings is 1. The molecule has 0 unspecified atom stereocenters. The molecule has 0 atom stereocenters. The molecule has 5 aromatic rings. The molecule has 4 heterocycles. The smallest absolute Gasteiger partial charge is 0.165 e. The van der Waals surface area contributed by atoms with Crippen molar-refractivity contribution in [2.75, 3.05) is 5.73 Å². The van der Waals surface area contributed by atoms with Crippen molar-refractivity contribution in [1.82, 2.24) is 24.5 Å². The zero-order valence-electron chi connectivity index (χ0n) is 16.8. The number of halogens is 1. The molecule has 0 saturated carbocycles. The van der Waals surface area contributed by atoms with E-state index in [0.29, 0.717) is 51.2 Å². The highest BCUT2D eigenvalue weighted by molar-refractivity contribution is 6.17. The van der Waals surface area contributed by atoms with Crippen LogP contribution in [0.1, 0.15) is 11.1 Å². The number of hydrogen-bond donors (Lipinski definition) is 1. The Bertz CT molecular complexity index is 1480. The molecular weight excluding hydrogens is 422 g/mol. The molecule has 0 spiro atoms. The van der Waals surface area contributed by atoms with Gasteiger partial charge in [-0.2, -0.15) is 5.26 Å². The number of alkyl halides is 1. The molecule has 32 heavy (non-hydrogen) atoms. The standard InChI is InChI=1S/C24H16ClN7/c25-13-15-5-7-17(8-6-15)32-23(18-4-2-12-29-22(18)27)31-20-10-9-19(30-24(20)32)21-16(14-26)3-1-11-28-21/h1-12H,13H2,(H2,27,29). The van der Waals surface area contributed by atoms with Crippen LogP contribution in [0.15, 0.2) is 73.1 Å². The lowest BCUT2D eigenvalue weighted by atomic mass is 10.1. The van der Waals surface area contributed by atoms with Crippen LogP contribution in [0.4, 0.5) is 5.82 Å². The van der Waals surface area contributed by atoms with Gasteiger partial charge in [0.25, 0.3) is 0 Å². The lowest BCUT2D eigenvalue weighted by Crippen LogP contribution is -2.02. The summed E-state index contributed by atoms with van der Waals surface area (Å²) in [5, 5.41) is 9.49. The van der Waals surface area contributed by atoms with E-state index in [1.54, 1.807) is 24.5 Å². The Labute approximate surface area is 188 Å². The van der Waals surface area contributed by atoms with Crippen molar-refractivity contribution in [3.05, 3.63) is 84.2 Å². The van der Waals surface area contributed by atoms with Crippen LogP contribution >= 0.6 is 11.6 Å². The van der Waals surface area contributed by atoms with Gasteiger partial charge in [-0.1, -0.05) is 12.1 Å². The summed E-state index contributed by atoms with van der Waals surface area (Å²) in [6, 6.07) is 20.8. The number of aromatic nitrogens is 5.